The fraction of sp³-hybridized carbons (Fsp3) is 0.0476. The first-order valence-corrected chi connectivity index (χ1v) is 8.40. The molecule has 0 aliphatic rings. The van der Waals surface area contributed by atoms with Gasteiger partial charge in [-0.3, -0.25) is 9.78 Å². The molecule has 0 saturated carbocycles. The minimum atomic E-state index is -0.144. The van der Waals surface area contributed by atoms with E-state index in [4.69, 9.17) is 0 Å². The topological polar surface area (TPSA) is 69.8 Å². The second-order valence-electron chi connectivity index (χ2n) is 5.99. The van der Waals surface area contributed by atoms with E-state index in [1.165, 1.54) is 0 Å². The number of pyridine rings is 1. The van der Waals surface area contributed by atoms with Crippen LogP contribution in [-0.2, 0) is 6.54 Å². The van der Waals surface area contributed by atoms with Gasteiger partial charge >= 0.3 is 0 Å². The highest BCUT2D eigenvalue weighted by Crippen LogP contribution is 2.21. The van der Waals surface area contributed by atoms with Crippen molar-refractivity contribution in [1.82, 2.24) is 9.97 Å². The van der Waals surface area contributed by atoms with E-state index in [-0.39, 0.29) is 5.91 Å². The number of rotatable bonds is 5. The third-order valence-corrected chi connectivity index (χ3v) is 4.19. The molecule has 0 spiro atoms. The first-order valence-electron chi connectivity index (χ1n) is 8.40. The standard InChI is InChI=1S/C21H18N4O/c26-21(25-17-7-8-19-16(12-17)9-11-23-19)18-5-1-2-6-20(18)24-14-15-4-3-10-22-13-15/h1-13,23-24H,14H2,(H,25,26). The molecule has 4 aromatic rings. The van der Waals surface area contributed by atoms with Crippen LogP contribution in [0.3, 0.4) is 0 Å². The highest BCUT2D eigenvalue weighted by molar-refractivity contribution is 6.08. The minimum absolute atomic E-state index is 0.144. The Morgan fingerprint density at radius 1 is 1.04 bits per heavy atom. The number of hydrogen-bond acceptors (Lipinski definition) is 3. The number of aromatic amines is 1. The molecular formula is C21H18N4O. The Balaban J connectivity index is 1.52. The summed E-state index contributed by atoms with van der Waals surface area (Å²) in [6.45, 7) is 0.605. The van der Waals surface area contributed by atoms with Gasteiger partial charge in [-0.05, 0) is 48.0 Å². The smallest absolute Gasteiger partial charge is 0.257 e. The second-order valence-corrected chi connectivity index (χ2v) is 5.99. The molecule has 0 bridgehead atoms. The lowest BCUT2D eigenvalue weighted by Crippen LogP contribution is -2.14. The zero-order chi connectivity index (χ0) is 17.8. The SMILES string of the molecule is O=C(Nc1ccc2[nH]ccc2c1)c1ccccc1NCc1cccnc1. The van der Waals surface area contributed by atoms with Gasteiger partial charge in [-0.1, -0.05) is 18.2 Å². The van der Waals surface area contributed by atoms with Crippen molar-refractivity contribution in [3.63, 3.8) is 0 Å². The van der Waals surface area contributed by atoms with E-state index in [9.17, 15) is 4.79 Å². The number of anilines is 2. The number of carbonyl (C=O) groups is 1. The first kappa shape index (κ1) is 15.9. The van der Waals surface area contributed by atoms with Crippen LogP contribution in [0, 0.1) is 0 Å². The van der Waals surface area contributed by atoms with Crippen LogP contribution in [0.5, 0.6) is 0 Å². The Morgan fingerprint density at radius 3 is 2.85 bits per heavy atom. The first-order chi connectivity index (χ1) is 12.8. The van der Waals surface area contributed by atoms with E-state index in [1.807, 2.05) is 73.1 Å². The Hall–Kier alpha value is -3.60. The maximum absolute atomic E-state index is 12.7. The quantitative estimate of drug-likeness (QED) is 0.502. The molecule has 0 aliphatic carbocycles. The summed E-state index contributed by atoms with van der Waals surface area (Å²) in [5.74, 6) is -0.144. The summed E-state index contributed by atoms with van der Waals surface area (Å²) in [5.41, 5.74) is 4.26. The maximum Gasteiger partial charge on any atom is 0.257 e. The lowest BCUT2D eigenvalue weighted by Gasteiger charge is -2.12. The van der Waals surface area contributed by atoms with Gasteiger partial charge in [0.15, 0.2) is 0 Å². The van der Waals surface area contributed by atoms with E-state index in [2.05, 4.69) is 20.6 Å². The third kappa shape index (κ3) is 3.42. The largest absolute Gasteiger partial charge is 0.380 e. The number of nitrogens with zero attached hydrogens (tertiary/aromatic N) is 1. The number of H-pyrrole nitrogens is 1. The molecule has 128 valence electrons. The molecule has 2 heterocycles. The second kappa shape index (κ2) is 7.11. The van der Waals surface area contributed by atoms with Gasteiger partial charge in [-0.25, -0.2) is 0 Å². The van der Waals surface area contributed by atoms with Crippen molar-refractivity contribution in [2.24, 2.45) is 0 Å². The molecule has 0 radical (unpaired) electrons. The van der Waals surface area contributed by atoms with Crippen molar-refractivity contribution < 1.29 is 4.79 Å². The van der Waals surface area contributed by atoms with Crippen molar-refractivity contribution in [3.8, 4) is 0 Å². The Labute approximate surface area is 151 Å². The zero-order valence-electron chi connectivity index (χ0n) is 14.1. The third-order valence-electron chi connectivity index (χ3n) is 4.19. The number of carbonyl (C=O) groups excluding carboxylic acids is 1. The molecular weight excluding hydrogens is 324 g/mol. The minimum Gasteiger partial charge on any atom is -0.380 e. The number of benzene rings is 2. The van der Waals surface area contributed by atoms with E-state index < -0.39 is 0 Å². The predicted octanol–water partition coefficient (Wildman–Crippen LogP) is 4.43. The number of hydrogen-bond donors (Lipinski definition) is 3. The average Bonchev–Trinajstić information content (AvgIpc) is 3.15. The van der Waals surface area contributed by atoms with Gasteiger partial charge in [0.1, 0.15) is 0 Å². The van der Waals surface area contributed by atoms with Crippen LogP contribution < -0.4 is 10.6 Å². The molecule has 4 rings (SSSR count). The lowest BCUT2D eigenvalue weighted by atomic mass is 10.1. The van der Waals surface area contributed by atoms with Crippen molar-refractivity contribution in [1.29, 1.82) is 0 Å². The molecule has 2 aromatic carbocycles. The summed E-state index contributed by atoms with van der Waals surface area (Å²) in [4.78, 5) is 20.0. The molecule has 5 nitrogen and oxygen atoms in total. The van der Waals surface area contributed by atoms with Crippen molar-refractivity contribution >= 4 is 28.2 Å². The number of nitrogens with one attached hydrogen (secondary N) is 3. The predicted molar refractivity (Wildman–Crippen MR) is 104 cm³/mol. The highest BCUT2D eigenvalue weighted by atomic mass is 16.1. The number of para-hydroxylation sites is 1. The van der Waals surface area contributed by atoms with E-state index in [0.29, 0.717) is 12.1 Å². The summed E-state index contributed by atoms with van der Waals surface area (Å²) >= 11 is 0. The summed E-state index contributed by atoms with van der Waals surface area (Å²) in [6, 6.07) is 19.2. The van der Waals surface area contributed by atoms with Crippen LogP contribution in [0.1, 0.15) is 15.9 Å². The van der Waals surface area contributed by atoms with Gasteiger partial charge < -0.3 is 15.6 Å². The summed E-state index contributed by atoms with van der Waals surface area (Å²) in [7, 11) is 0. The molecule has 0 saturated heterocycles. The fourth-order valence-corrected chi connectivity index (χ4v) is 2.86. The summed E-state index contributed by atoms with van der Waals surface area (Å²) in [5, 5.41) is 7.35. The number of amides is 1. The van der Waals surface area contributed by atoms with Gasteiger partial charge in [-0.2, -0.15) is 0 Å². The van der Waals surface area contributed by atoms with Crippen LogP contribution in [0.15, 0.2) is 79.3 Å². The normalized spacial score (nSPS) is 10.6. The summed E-state index contributed by atoms with van der Waals surface area (Å²) in [6.07, 6.45) is 5.43. The molecule has 5 heteroatoms. The Bertz CT molecular complexity index is 1040. The number of fused-ring (bicyclic) bond motifs is 1. The van der Waals surface area contributed by atoms with Crippen molar-refractivity contribution in [2.75, 3.05) is 10.6 Å². The molecule has 2 aromatic heterocycles. The van der Waals surface area contributed by atoms with Crippen LogP contribution in [-0.4, -0.2) is 15.9 Å². The Morgan fingerprint density at radius 2 is 1.96 bits per heavy atom. The van der Waals surface area contributed by atoms with Gasteiger partial charge in [0.05, 0.1) is 5.56 Å². The van der Waals surface area contributed by atoms with Crippen LogP contribution in [0.25, 0.3) is 10.9 Å². The van der Waals surface area contributed by atoms with Gasteiger partial charge in [0.2, 0.25) is 0 Å². The van der Waals surface area contributed by atoms with Gasteiger partial charge in [0.25, 0.3) is 5.91 Å². The molecule has 0 unspecified atom stereocenters. The fourth-order valence-electron chi connectivity index (χ4n) is 2.86. The molecule has 0 atom stereocenters. The van der Waals surface area contributed by atoms with Crippen LogP contribution in [0.4, 0.5) is 11.4 Å². The van der Waals surface area contributed by atoms with E-state index >= 15 is 0 Å². The molecule has 26 heavy (non-hydrogen) atoms. The monoisotopic (exact) mass is 342 g/mol. The zero-order valence-corrected chi connectivity index (χ0v) is 14.1. The molecule has 3 N–H and O–H groups in total. The highest BCUT2D eigenvalue weighted by Gasteiger charge is 2.11. The van der Waals surface area contributed by atoms with Gasteiger partial charge in [-0.15, -0.1) is 0 Å². The van der Waals surface area contributed by atoms with E-state index in [1.54, 1.807) is 6.20 Å². The molecule has 0 fully saturated rings. The van der Waals surface area contributed by atoms with E-state index in [0.717, 1.165) is 27.8 Å². The number of aromatic nitrogens is 2. The Kier molecular flexibility index (Phi) is 4.35. The average molecular weight is 342 g/mol. The lowest BCUT2D eigenvalue weighted by molar-refractivity contribution is 0.102. The van der Waals surface area contributed by atoms with Gasteiger partial charge in [0, 0.05) is 47.4 Å². The van der Waals surface area contributed by atoms with Crippen LogP contribution in [0.2, 0.25) is 0 Å². The molecule has 1 amide bonds. The van der Waals surface area contributed by atoms with Crippen molar-refractivity contribution in [3.05, 3.63) is 90.4 Å². The summed E-state index contributed by atoms with van der Waals surface area (Å²) < 4.78 is 0. The maximum atomic E-state index is 12.7. The molecule has 0 aliphatic heterocycles. The van der Waals surface area contributed by atoms with Crippen molar-refractivity contribution in [2.45, 2.75) is 6.54 Å². The van der Waals surface area contributed by atoms with Crippen LogP contribution >= 0.6 is 0 Å².